The summed E-state index contributed by atoms with van der Waals surface area (Å²) in [5, 5.41) is 0. The topological polar surface area (TPSA) is 38.2 Å². The van der Waals surface area contributed by atoms with E-state index in [-0.39, 0.29) is 0 Å². The minimum absolute atomic E-state index is 0.336. The molecule has 2 heterocycles. The molecule has 19 heavy (non-hydrogen) atoms. The van der Waals surface area contributed by atoms with Crippen molar-refractivity contribution in [1.29, 1.82) is 0 Å². The molecule has 0 saturated carbocycles. The van der Waals surface area contributed by atoms with Crippen molar-refractivity contribution < 1.29 is 4.74 Å². The van der Waals surface area contributed by atoms with Crippen molar-refractivity contribution in [3.63, 3.8) is 0 Å². The molecule has 0 radical (unpaired) electrons. The maximum absolute atomic E-state index is 5.54. The van der Waals surface area contributed by atoms with Gasteiger partial charge in [0.15, 0.2) is 0 Å². The molecule has 106 valence electrons. The fourth-order valence-electron chi connectivity index (χ4n) is 2.31. The molecule has 1 aliphatic heterocycles. The summed E-state index contributed by atoms with van der Waals surface area (Å²) in [6.07, 6.45) is 2.41. The van der Waals surface area contributed by atoms with Crippen LogP contribution in [0, 0.1) is 5.92 Å². The van der Waals surface area contributed by atoms with E-state index < -0.39 is 0 Å². The van der Waals surface area contributed by atoms with E-state index in [2.05, 4.69) is 51.7 Å². The predicted octanol–water partition coefficient (Wildman–Crippen LogP) is 3.23. The van der Waals surface area contributed by atoms with Crippen LogP contribution in [0.1, 0.15) is 38.4 Å². The number of ether oxygens (including phenoxy) is 1. The fourth-order valence-corrected chi connectivity index (χ4v) is 2.70. The van der Waals surface area contributed by atoms with Gasteiger partial charge >= 0.3 is 0 Å². The van der Waals surface area contributed by atoms with Crippen molar-refractivity contribution in [3.8, 4) is 0 Å². The maximum Gasteiger partial charge on any atom is 0.134 e. The zero-order valence-corrected chi connectivity index (χ0v) is 13.5. The first-order chi connectivity index (χ1) is 9.06. The number of nitrogens with zero attached hydrogens (tertiary/aromatic N) is 3. The summed E-state index contributed by atoms with van der Waals surface area (Å²) in [5.41, 5.74) is 0. The Bertz CT molecular complexity index is 419. The van der Waals surface area contributed by atoms with Crippen molar-refractivity contribution in [2.45, 2.75) is 32.6 Å². The van der Waals surface area contributed by atoms with E-state index >= 15 is 0 Å². The number of halogens is 1. The van der Waals surface area contributed by atoms with Gasteiger partial charge in [0, 0.05) is 32.2 Å². The second kappa shape index (κ2) is 6.66. The Kier molecular flexibility index (Phi) is 5.16. The largest absolute Gasteiger partial charge is 0.381 e. The van der Waals surface area contributed by atoms with Gasteiger partial charge in [-0.2, -0.15) is 0 Å². The summed E-state index contributed by atoms with van der Waals surface area (Å²) in [7, 11) is 2.09. The molecule has 1 atom stereocenters. The average Bonchev–Trinajstić information content (AvgIpc) is 2.39. The second-order valence-electron chi connectivity index (χ2n) is 5.53. The van der Waals surface area contributed by atoms with E-state index in [9.17, 15) is 0 Å². The average molecular weight is 328 g/mol. The summed E-state index contributed by atoms with van der Waals surface area (Å²) >= 11 is 3.47. The smallest absolute Gasteiger partial charge is 0.134 e. The third-order valence-corrected chi connectivity index (χ3v) is 3.80. The van der Waals surface area contributed by atoms with Crippen LogP contribution in [0.5, 0.6) is 0 Å². The summed E-state index contributed by atoms with van der Waals surface area (Å²) in [6, 6.07) is 1.98. The predicted molar refractivity (Wildman–Crippen MR) is 80.6 cm³/mol. The fraction of sp³-hybridized carbons (Fsp3) is 0.714. The third kappa shape index (κ3) is 4.14. The molecule has 1 unspecified atom stereocenters. The van der Waals surface area contributed by atoms with Gasteiger partial charge in [-0.3, -0.25) is 0 Å². The van der Waals surface area contributed by atoms with E-state index in [0.717, 1.165) is 36.0 Å². The number of rotatable bonds is 4. The highest BCUT2D eigenvalue weighted by Gasteiger charge is 2.17. The van der Waals surface area contributed by atoms with Crippen LogP contribution in [0.2, 0.25) is 0 Å². The van der Waals surface area contributed by atoms with Gasteiger partial charge in [-0.1, -0.05) is 13.8 Å². The Balaban J connectivity index is 2.07. The molecule has 1 fully saturated rings. The van der Waals surface area contributed by atoms with Crippen molar-refractivity contribution in [1.82, 2.24) is 9.97 Å². The molecule has 0 N–H and O–H groups in total. The number of aromatic nitrogens is 2. The lowest BCUT2D eigenvalue weighted by Crippen LogP contribution is -2.31. The lowest BCUT2D eigenvalue weighted by molar-refractivity contribution is 0.0576. The van der Waals surface area contributed by atoms with E-state index in [1.54, 1.807) is 0 Å². The molecule has 5 heteroatoms. The zero-order valence-electron chi connectivity index (χ0n) is 11.9. The van der Waals surface area contributed by atoms with Crippen molar-refractivity contribution in [3.05, 3.63) is 16.5 Å². The van der Waals surface area contributed by atoms with Crippen LogP contribution < -0.4 is 4.90 Å². The Labute approximate surface area is 123 Å². The summed E-state index contributed by atoms with van der Waals surface area (Å²) in [6.45, 7) is 6.99. The van der Waals surface area contributed by atoms with Crippen LogP contribution >= 0.6 is 15.9 Å². The molecule has 2 rings (SSSR count). The minimum atomic E-state index is 0.336. The standard InChI is InChI=1S/C14H22BrN3O/c1-10(2)14-16-12(15)7-13(17-14)18(3)8-11-5-4-6-19-9-11/h7,10-11H,4-6,8-9H2,1-3H3. The Morgan fingerprint density at radius 1 is 1.47 bits per heavy atom. The summed E-state index contributed by atoms with van der Waals surface area (Å²) < 4.78 is 6.39. The molecule has 4 nitrogen and oxygen atoms in total. The maximum atomic E-state index is 5.54. The molecule has 0 amide bonds. The summed E-state index contributed by atoms with van der Waals surface area (Å²) in [4.78, 5) is 11.3. The van der Waals surface area contributed by atoms with Crippen molar-refractivity contribution >= 4 is 21.7 Å². The van der Waals surface area contributed by atoms with Gasteiger partial charge in [0.2, 0.25) is 0 Å². The molecular formula is C14H22BrN3O. The minimum Gasteiger partial charge on any atom is -0.381 e. The van der Waals surface area contributed by atoms with Crippen molar-refractivity contribution in [2.24, 2.45) is 5.92 Å². The second-order valence-corrected chi connectivity index (χ2v) is 6.34. The Hall–Kier alpha value is -0.680. The van der Waals surface area contributed by atoms with E-state index in [1.807, 2.05) is 6.07 Å². The van der Waals surface area contributed by atoms with Gasteiger partial charge in [-0.05, 0) is 34.7 Å². The van der Waals surface area contributed by atoms with Crippen LogP contribution in [-0.2, 0) is 4.74 Å². The first-order valence-corrected chi connectivity index (χ1v) is 7.69. The Morgan fingerprint density at radius 2 is 2.26 bits per heavy atom. The number of hydrogen-bond donors (Lipinski definition) is 0. The van der Waals surface area contributed by atoms with Gasteiger partial charge in [0.25, 0.3) is 0 Å². The highest BCUT2D eigenvalue weighted by molar-refractivity contribution is 9.10. The normalized spacial score (nSPS) is 19.7. The SMILES string of the molecule is CC(C)c1nc(Br)cc(N(C)CC2CCCOC2)n1. The zero-order chi connectivity index (χ0) is 13.8. The van der Waals surface area contributed by atoms with E-state index in [4.69, 9.17) is 4.74 Å². The molecule has 1 aliphatic rings. The highest BCUT2D eigenvalue weighted by Crippen LogP contribution is 2.22. The van der Waals surface area contributed by atoms with Gasteiger partial charge in [0.1, 0.15) is 16.2 Å². The quantitative estimate of drug-likeness (QED) is 0.796. The first-order valence-electron chi connectivity index (χ1n) is 6.89. The molecular weight excluding hydrogens is 306 g/mol. The highest BCUT2D eigenvalue weighted by atomic mass is 79.9. The van der Waals surface area contributed by atoms with Gasteiger partial charge < -0.3 is 9.64 Å². The lowest BCUT2D eigenvalue weighted by Gasteiger charge is -2.28. The molecule has 1 aromatic rings. The summed E-state index contributed by atoms with van der Waals surface area (Å²) in [5.74, 6) is 2.81. The van der Waals surface area contributed by atoms with Crippen LogP contribution in [0.25, 0.3) is 0 Å². The van der Waals surface area contributed by atoms with Crippen LogP contribution in [0.4, 0.5) is 5.82 Å². The number of hydrogen-bond acceptors (Lipinski definition) is 4. The Morgan fingerprint density at radius 3 is 2.89 bits per heavy atom. The lowest BCUT2D eigenvalue weighted by atomic mass is 10.0. The van der Waals surface area contributed by atoms with Gasteiger partial charge in [-0.15, -0.1) is 0 Å². The molecule has 1 aromatic heterocycles. The monoisotopic (exact) mass is 327 g/mol. The molecule has 0 bridgehead atoms. The van der Waals surface area contributed by atoms with E-state index in [1.165, 1.54) is 12.8 Å². The van der Waals surface area contributed by atoms with Crippen LogP contribution in [0.15, 0.2) is 10.7 Å². The molecule has 1 saturated heterocycles. The van der Waals surface area contributed by atoms with Gasteiger partial charge in [0.05, 0.1) is 6.61 Å². The molecule has 0 aromatic carbocycles. The third-order valence-electron chi connectivity index (χ3n) is 3.39. The molecule has 0 spiro atoms. The van der Waals surface area contributed by atoms with Crippen LogP contribution in [0.3, 0.4) is 0 Å². The first kappa shape index (κ1) is 14.7. The van der Waals surface area contributed by atoms with Crippen molar-refractivity contribution in [2.75, 3.05) is 31.7 Å². The van der Waals surface area contributed by atoms with Crippen LogP contribution in [-0.4, -0.2) is 36.8 Å². The van der Waals surface area contributed by atoms with E-state index in [0.29, 0.717) is 11.8 Å². The van der Waals surface area contributed by atoms with Gasteiger partial charge in [-0.25, -0.2) is 9.97 Å². The molecule has 0 aliphatic carbocycles. The number of anilines is 1.